The molecule has 9 heteroatoms. The zero-order valence-corrected chi connectivity index (χ0v) is 14.9. The number of carbonyl (C=O) groups excluding carboxylic acids is 1. The van der Waals surface area contributed by atoms with Crippen LogP contribution in [0.4, 0.5) is 11.5 Å². The fourth-order valence-electron chi connectivity index (χ4n) is 2.25. The Labute approximate surface area is 155 Å². The second-order valence-electron chi connectivity index (χ2n) is 5.60. The minimum absolute atomic E-state index is 0.0733. The van der Waals surface area contributed by atoms with Crippen molar-refractivity contribution in [1.29, 1.82) is 5.26 Å². The topological polar surface area (TPSA) is 125 Å². The van der Waals surface area contributed by atoms with Crippen molar-refractivity contribution in [2.45, 2.75) is 11.8 Å². The molecule has 1 heterocycles. The molecule has 0 saturated carbocycles. The van der Waals surface area contributed by atoms with Crippen LogP contribution < -0.4 is 10.0 Å². The molecule has 3 aromatic rings. The molecule has 1 aromatic heterocycles. The normalized spacial score (nSPS) is 10.8. The van der Waals surface area contributed by atoms with Gasteiger partial charge in [0.25, 0.3) is 15.9 Å². The van der Waals surface area contributed by atoms with Crippen LogP contribution in [-0.2, 0) is 10.0 Å². The van der Waals surface area contributed by atoms with Crippen molar-refractivity contribution in [3.05, 3.63) is 71.5 Å². The molecule has 3 rings (SSSR count). The van der Waals surface area contributed by atoms with Gasteiger partial charge in [0.05, 0.1) is 16.5 Å². The van der Waals surface area contributed by atoms with Crippen LogP contribution in [-0.4, -0.2) is 19.5 Å². The van der Waals surface area contributed by atoms with Gasteiger partial charge in [0.2, 0.25) is 0 Å². The van der Waals surface area contributed by atoms with Gasteiger partial charge < -0.3 is 9.84 Å². The molecule has 136 valence electrons. The lowest BCUT2D eigenvalue weighted by molar-refractivity contribution is 0.102. The molecule has 0 unspecified atom stereocenters. The summed E-state index contributed by atoms with van der Waals surface area (Å²) in [6.45, 7) is 1.69. The van der Waals surface area contributed by atoms with E-state index in [-0.39, 0.29) is 16.3 Å². The molecular weight excluding hydrogens is 368 g/mol. The van der Waals surface area contributed by atoms with Gasteiger partial charge in [-0.05, 0) is 49.4 Å². The molecule has 0 atom stereocenters. The van der Waals surface area contributed by atoms with Gasteiger partial charge in [0.1, 0.15) is 5.76 Å². The average molecular weight is 382 g/mol. The number of amides is 1. The first-order valence-electron chi connectivity index (χ1n) is 7.75. The second-order valence-corrected chi connectivity index (χ2v) is 7.28. The van der Waals surface area contributed by atoms with Crippen LogP contribution in [0, 0.1) is 18.3 Å². The highest BCUT2D eigenvalue weighted by molar-refractivity contribution is 7.92. The van der Waals surface area contributed by atoms with Gasteiger partial charge in [-0.3, -0.25) is 9.52 Å². The SMILES string of the molecule is Cc1cc(NC(=O)c2cccc(S(=O)(=O)Nc3ccc(C#N)cc3)c2)no1. The van der Waals surface area contributed by atoms with E-state index >= 15 is 0 Å². The number of carbonyl (C=O) groups is 1. The lowest BCUT2D eigenvalue weighted by Crippen LogP contribution is -2.16. The second kappa shape index (κ2) is 7.31. The summed E-state index contributed by atoms with van der Waals surface area (Å²) in [5.74, 6) is 0.258. The Morgan fingerprint density at radius 1 is 1.15 bits per heavy atom. The van der Waals surface area contributed by atoms with Crippen LogP contribution in [0.1, 0.15) is 21.7 Å². The van der Waals surface area contributed by atoms with E-state index in [2.05, 4.69) is 15.2 Å². The highest BCUT2D eigenvalue weighted by Gasteiger charge is 2.17. The molecule has 8 nitrogen and oxygen atoms in total. The summed E-state index contributed by atoms with van der Waals surface area (Å²) in [5.41, 5.74) is 0.875. The Morgan fingerprint density at radius 3 is 2.52 bits per heavy atom. The first-order valence-corrected chi connectivity index (χ1v) is 9.23. The molecule has 0 radical (unpaired) electrons. The summed E-state index contributed by atoms with van der Waals surface area (Å²) < 4.78 is 32.4. The number of hydrogen-bond acceptors (Lipinski definition) is 6. The van der Waals surface area contributed by atoms with Gasteiger partial charge in [-0.2, -0.15) is 5.26 Å². The molecule has 0 aliphatic rings. The van der Waals surface area contributed by atoms with Crippen LogP contribution >= 0.6 is 0 Å². The zero-order chi connectivity index (χ0) is 19.4. The molecule has 0 aliphatic heterocycles. The van der Waals surface area contributed by atoms with Crippen molar-refractivity contribution < 1.29 is 17.7 Å². The van der Waals surface area contributed by atoms with E-state index < -0.39 is 15.9 Å². The summed E-state index contributed by atoms with van der Waals surface area (Å²) in [7, 11) is -3.90. The zero-order valence-electron chi connectivity index (χ0n) is 14.1. The van der Waals surface area contributed by atoms with Crippen LogP contribution in [0.15, 0.2) is 64.0 Å². The van der Waals surface area contributed by atoms with Gasteiger partial charge in [-0.15, -0.1) is 0 Å². The molecule has 0 spiro atoms. The summed E-state index contributed by atoms with van der Waals surface area (Å²) in [4.78, 5) is 12.2. The van der Waals surface area contributed by atoms with E-state index in [4.69, 9.17) is 9.78 Å². The maximum Gasteiger partial charge on any atom is 0.261 e. The maximum atomic E-state index is 12.6. The van der Waals surface area contributed by atoms with Crippen molar-refractivity contribution >= 4 is 27.4 Å². The van der Waals surface area contributed by atoms with Crippen LogP contribution in [0.2, 0.25) is 0 Å². The molecule has 27 heavy (non-hydrogen) atoms. The number of nitrogens with zero attached hydrogens (tertiary/aromatic N) is 2. The Balaban J connectivity index is 1.80. The lowest BCUT2D eigenvalue weighted by Gasteiger charge is -2.09. The smallest absolute Gasteiger partial charge is 0.261 e. The Morgan fingerprint density at radius 2 is 1.89 bits per heavy atom. The van der Waals surface area contributed by atoms with Gasteiger partial charge in [0, 0.05) is 17.3 Å². The quantitative estimate of drug-likeness (QED) is 0.699. The molecule has 0 bridgehead atoms. The number of anilines is 2. The average Bonchev–Trinajstić information content (AvgIpc) is 3.07. The van der Waals surface area contributed by atoms with Crippen molar-refractivity contribution in [3.8, 4) is 6.07 Å². The number of hydrogen-bond donors (Lipinski definition) is 2. The van der Waals surface area contributed by atoms with E-state index in [1.165, 1.54) is 48.5 Å². The van der Waals surface area contributed by atoms with Crippen LogP contribution in [0.25, 0.3) is 0 Å². The number of benzene rings is 2. The first-order chi connectivity index (χ1) is 12.9. The number of rotatable bonds is 5. The summed E-state index contributed by atoms with van der Waals surface area (Å²) >= 11 is 0. The fraction of sp³-hybridized carbons (Fsp3) is 0.0556. The molecule has 0 saturated heterocycles. The monoisotopic (exact) mass is 382 g/mol. The number of sulfonamides is 1. The maximum absolute atomic E-state index is 12.6. The van der Waals surface area contributed by atoms with Crippen molar-refractivity contribution in [3.63, 3.8) is 0 Å². The summed E-state index contributed by atoms with van der Waals surface area (Å²) in [5, 5.41) is 15.0. The fourth-order valence-corrected chi connectivity index (χ4v) is 3.35. The highest BCUT2D eigenvalue weighted by atomic mass is 32.2. The Hall–Kier alpha value is -3.64. The van der Waals surface area contributed by atoms with Crippen LogP contribution in [0.5, 0.6) is 0 Å². The lowest BCUT2D eigenvalue weighted by atomic mass is 10.2. The molecule has 2 aromatic carbocycles. The predicted molar refractivity (Wildman–Crippen MR) is 97.6 cm³/mol. The van der Waals surface area contributed by atoms with Crippen molar-refractivity contribution in [2.24, 2.45) is 0 Å². The summed E-state index contributed by atoms with van der Waals surface area (Å²) in [6.07, 6.45) is 0. The Bertz CT molecular complexity index is 1130. The van der Waals surface area contributed by atoms with Gasteiger partial charge in [-0.25, -0.2) is 8.42 Å². The number of nitriles is 1. The van der Waals surface area contributed by atoms with Crippen molar-refractivity contribution in [2.75, 3.05) is 10.0 Å². The standard InChI is InChI=1S/C18H14N4O4S/c1-12-9-17(21-26-12)20-18(23)14-3-2-4-16(10-14)27(24,25)22-15-7-5-13(11-19)6-8-15/h2-10,22H,1H3,(H,20,21,23). The highest BCUT2D eigenvalue weighted by Crippen LogP contribution is 2.18. The molecule has 1 amide bonds. The molecule has 0 aliphatic carbocycles. The summed E-state index contributed by atoms with van der Waals surface area (Å²) in [6, 6.07) is 15.1. The minimum atomic E-state index is -3.90. The molecule has 0 fully saturated rings. The third kappa shape index (κ3) is 4.31. The van der Waals surface area contributed by atoms with Crippen LogP contribution in [0.3, 0.4) is 0 Å². The predicted octanol–water partition coefficient (Wildman–Crippen LogP) is 2.91. The Kier molecular flexibility index (Phi) is 4.92. The largest absolute Gasteiger partial charge is 0.360 e. The first kappa shape index (κ1) is 18.2. The molecular formula is C18H14N4O4S. The third-order valence-electron chi connectivity index (χ3n) is 3.54. The number of aromatic nitrogens is 1. The van der Waals surface area contributed by atoms with E-state index in [0.717, 1.165) is 0 Å². The van der Waals surface area contributed by atoms with E-state index in [9.17, 15) is 13.2 Å². The number of nitrogens with one attached hydrogen (secondary N) is 2. The van der Waals surface area contributed by atoms with E-state index in [0.29, 0.717) is 17.0 Å². The van der Waals surface area contributed by atoms with E-state index in [1.807, 2.05) is 6.07 Å². The molecule has 2 N–H and O–H groups in total. The van der Waals surface area contributed by atoms with Crippen molar-refractivity contribution in [1.82, 2.24) is 5.16 Å². The van der Waals surface area contributed by atoms with E-state index in [1.54, 1.807) is 13.0 Å². The van der Waals surface area contributed by atoms with Gasteiger partial charge in [-0.1, -0.05) is 11.2 Å². The van der Waals surface area contributed by atoms with Gasteiger partial charge >= 0.3 is 0 Å². The van der Waals surface area contributed by atoms with Gasteiger partial charge in [0.15, 0.2) is 5.82 Å². The minimum Gasteiger partial charge on any atom is -0.360 e. The number of aryl methyl sites for hydroxylation is 1. The third-order valence-corrected chi connectivity index (χ3v) is 4.92.